The van der Waals surface area contributed by atoms with Crippen molar-refractivity contribution in [2.24, 2.45) is 5.92 Å². The molecule has 23 heavy (non-hydrogen) atoms. The molecule has 1 aromatic carbocycles. The Hall–Kier alpha value is -2.57. The first kappa shape index (κ1) is 14.0. The molecular weight excluding hydrogens is 307 g/mol. The number of aromatic nitrogens is 2. The summed E-state index contributed by atoms with van der Waals surface area (Å²) < 4.78 is 38.4. The van der Waals surface area contributed by atoms with E-state index in [1.54, 1.807) is 6.07 Å². The molecule has 0 aliphatic heterocycles. The minimum atomic E-state index is -4.38. The molecule has 0 unspecified atom stereocenters. The lowest BCUT2D eigenvalue weighted by Gasteiger charge is -2.05. The van der Waals surface area contributed by atoms with E-state index < -0.39 is 11.7 Å². The molecule has 2 N–H and O–H groups in total. The number of benzene rings is 1. The third-order valence-electron chi connectivity index (χ3n) is 4.01. The highest BCUT2D eigenvalue weighted by molar-refractivity contribution is 6.08. The van der Waals surface area contributed by atoms with Gasteiger partial charge in [0.25, 0.3) is 0 Å². The van der Waals surface area contributed by atoms with Gasteiger partial charge in [-0.05, 0) is 31.0 Å². The topological polar surface area (TPSA) is 57.8 Å². The highest BCUT2D eigenvalue weighted by Crippen LogP contribution is 2.34. The fourth-order valence-corrected chi connectivity index (χ4v) is 2.62. The summed E-state index contributed by atoms with van der Waals surface area (Å²) in [6.45, 7) is 0. The molecule has 0 saturated heterocycles. The summed E-state index contributed by atoms with van der Waals surface area (Å²) in [5.74, 6) is 0.413. The number of aromatic amines is 1. The Bertz CT molecular complexity index is 925. The first-order valence-corrected chi connectivity index (χ1v) is 7.21. The molecule has 2 aromatic heterocycles. The second kappa shape index (κ2) is 4.71. The van der Waals surface area contributed by atoms with Crippen molar-refractivity contribution < 1.29 is 18.0 Å². The summed E-state index contributed by atoms with van der Waals surface area (Å²) in [6, 6.07) is 5.25. The molecule has 1 saturated carbocycles. The lowest BCUT2D eigenvalue weighted by molar-refractivity contribution is -0.137. The van der Waals surface area contributed by atoms with E-state index in [1.165, 1.54) is 12.3 Å². The van der Waals surface area contributed by atoms with Crippen LogP contribution in [-0.4, -0.2) is 15.9 Å². The van der Waals surface area contributed by atoms with Gasteiger partial charge in [-0.3, -0.25) is 4.79 Å². The van der Waals surface area contributed by atoms with Gasteiger partial charge in [0, 0.05) is 22.2 Å². The minimum absolute atomic E-state index is 0.0592. The van der Waals surface area contributed by atoms with Crippen LogP contribution in [0.3, 0.4) is 0 Å². The predicted octanol–water partition coefficient (Wildman–Crippen LogP) is 4.08. The SMILES string of the molecule is O=C(Nc1cc2c(cn1)[nH]c1cc(C(F)(F)F)ccc12)C1CC1. The zero-order valence-corrected chi connectivity index (χ0v) is 11.9. The summed E-state index contributed by atoms with van der Waals surface area (Å²) in [4.78, 5) is 18.9. The Morgan fingerprint density at radius 3 is 2.65 bits per heavy atom. The number of H-pyrrole nitrogens is 1. The zero-order valence-electron chi connectivity index (χ0n) is 11.9. The van der Waals surface area contributed by atoms with E-state index in [0.717, 1.165) is 30.4 Å². The maximum Gasteiger partial charge on any atom is 0.416 e. The molecule has 4 nitrogen and oxygen atoms in total. The van der Waals surface area contributed by atoms with Gasteiger partial charge in [0.2, 0.25) is 5.91 Å². The van der Waals surface area contributed by atoms with Crippen LogP contribution in [0.25, 0.3) is 21.8 Å². The van der Waals surface area contributed by atoms with E-state index in [9.17, 15) is 18.0 Å². The molecule has 118 valence electrons. The Morgan fingerprint density at radius 2 is 1.96 bits per heavy atom. The zero-order chi connectivity index (χ0) is 16.2. The molecule has 4 rings (SSSR count). The number of hydrogen-bond acceptors (Lipinski definition) is 2. The van der Waals surface area contributed by atoms with Crippen LogP contribution in [0.4, 0.5) is 19.0 Å². The molecule has 0 atom stereocenters. The Labute approximate surface area is 128 Å². The lowest BCUT2D eigenvalue weighted by Crippen LogP contribution is -2.14. The van der Waals surface area contributed by atoms with Gasteiger partial charge in [0.15, 0.2) is 0 Å². The van der Waals surface area contributed by atoms with Crippen LogP contribution >= 0.6 is 0 Å². The molecule has 0 spiro atoms. The predicted molar refractivity (Wildman–Crippen MR) is 80.0 cm³/mol. The highest BCUT2D eigenvalue weighted by Gasteiger charge is 2.31. The van der Waals surface area contributed by atoms with Crippen molar-refractivity contribution in [2.45, 2.75) is 19.0 Å². The molecule has 3 aromatic rings. The number of fused-ring (bicyclic) bond motifs is 3. The van der Waals surface area contributed by atoms with Gasteiger partial charge in [0.05, 0.1) is 17.3 Å². The van der Waals surface area contributed by atoms with Crippen molar-refractivity contribution in [2.75, 3.05) is 5.32 Å². The fourth-order valence-electron chi connectivity index (χ4n) is 2.62. The maximum atomic E-state index is 12.8. The van der Waals surface area contributed by atoms with Crippen molar-refractivity contribution in [1.82, 2.24) is 9.97 Å². The number of nitrogens with zero attached hydrogens (tertiary/aromatic N) is 1. The van der Waals surface area contributed by atoms with Crippen LogP contribution in [0, 0.1) is 5.92 Å². The van der Waals surface area contributed by atoms with Crippen molar-refractivity contribution in [3.63, 3.8) is 0 Å². The number of halogens is 3. The van der Waals surface area contributed by atoms with Crippen LogP contribution in [-0.2, 0) is 11.0 Å². The lowest BCUT2D eigenvalue weighted by atomic mass is 10.1. The summed E-state index contributed by atoms with van der Waals surface area (Å²) in [5.41, 5.74) is 0.317. The summed E-state index contributed by atoms with van der Waals surface area (Å²) >= 11 is 0. The average Bonchev–Trinajstić information content (AvgIpc) is 3.28. The van der Waals surface area contributed by atoms with Gasteiger partial charge in [0.1, 0.15) is 5.82 Å². The van der Waals surface area contributed by atoms with Gasteiger partial charge in [-0.15, -0.1) is 0 Å². The van der Waals surface area contributed by atoms with Crippen LogP contribution < -0.4 is 5.32 Å². The van der Waals surface area contributed by atoms with Crippen LogP contribution in [0.15, 0.2) is 30.5 Å². The second-order valence-corrected chi connectivity index (χ2v) is 5.76. The van der Waals surface area contributed by atoms with Gasteiger partial charge in [-0.25, -0.2) is 4.98 Å². The molecule has 7 heteroatoms. The van der Waals surface area contributed by atoms with E-state index in [4.69, 9.17) is 0 Å². The van der Waals surface area contributed by atoms with Gasteiger partial charge >= 0.3 is 6.18 Å². The Morgan fingerprint density at radius 1 is 1.17 bits per heavy atom. The number of carbonyl (C=O) groups excluding carboxylic acids is 1. The van der Waals surface area contributed by atoms with E-state index in [2.05, 4.69) is 15.3 Å². The van der Waals surface area contributed by atoms with Gasteiger partial charge in [-0.1, -0.05) is 6.07 Å². The quantitative estimate of drug-likeness (QED) is 0.747. The Balaban J connectivity index is 1.77. The van der Waals surface area contributed by atoms with Gasteiger partial charge in [-0.2, -0.15) is 13.2 Å². The summed E-state index contributed by atoms with van der Waals surface area (Å²) in [7, 11) is 0. The molecular formula is C16H12F3N3O. The van der Waals surface area contributed by atoms with Crippen LogP contribution in [0.1, 0.15) is 18.4 Å². The van der Waals surface area contributed by atoms with Crippen LogP contribution in [0.5, 0.6) is 0 Å². The normalized spacial score (nSPS) is 15.3. The molecule has 1 amide bonds. The first-order chi connectivity index (χ1) is 10.9. The summed E-state index contributed by atoms with van der Waals surface area (Å²) in [5, 5.41) is 4.14. The largest absolute Gasteiger partial charge is 0.416 e. The van der Waals surface area contributed by atoms with E-state index in [1.807, 2.05) is 0 Å². The maximum absolute atomic E-state index is 12.8. The third kappa shape index (κ3) is 2.52. The molecule has 0 radical (unpaired) electrons. The third-order valence-corrected chi connectivity index (χ3v) is 4.01. The average molecular weight is 319 g/mol. The van der Waals surface area contributed by atoms with E-state index in [-0.39, 0.29) is 11.8 Å². The number of anilines is 1. The highest BCUT2D eigenvalue weighted by atomic mass is 19.4. The molecule has 2 heterocycles. The monoisotopic (exact) mass is 319 g/mol. The molecule has 1 aliphatic carbocycles. The van der Waals surface area contributed by atoms with Crippen molar-refractivity contribution in [1.29, 1.82) is 0 Å². The van der Waals surface area contributed by atoms with E-state index in [0.29, 0.717) is 22.2 Å². The molecule has 1 fully saturated rings. The molecule has 0 bridgehead atoms. The van der Waals surface area contributed by atoms with Crippen molar-refractivity contribution >= 4 is 33.5 Å². The number of hydrogen-bond donors (Lipinski definition) is 2. The van der Waals surface area contributed by atoms with E-state index >= 15 is 0 Å². The Kier molecular flexibility index (Phi) is 2.88. The number of nitrogens with one attached hydrogen (secondary N) is 2. The molecule has 1 aliphatic rings. The van der Waals surface area contributed by atoms with Gasteiger partial charge < -0.3 is 10.3 Å². The number of rotatable bonds is 2. The summed E-state index contributed by atoms with van der Waals surface area (Å²) in [6.07, 6.45) is -1.08. The first-order valence-electron chi connectivity index (χ1n) is 7.21. The standard InChI is InChI=1S/C16H12F3N3O/c17-16(18,19)9-3-4-10-11-6-14(22-15(23)8-1-2-8)20-7-13(11)21-12(10)5-9/h3-8,21H,1-2H2,(H,20,22,23). The van der Waals surface area contributed by atoms with Crippen molar-refractivity contribution in [3.8, 4) is 0 Å². The number of alkyl halides is 3. The van der Waals surface area contributed by atoms with Crippen molar-refractivity contribution in [3.05, 3.63) is 36.0 Å². The number of amides is 1. The second-order valence-electron chi connectivity index (χ2n) is 5.76. The minimum Gasteiger partial charge on any atom is -0.353 e. The smallest absolute Gasteiger partial charge is 0.353 e. The number of carbonyl (C=O) groups is 1. The van der Waals surface area contributed by atoms with Crippen LogP contribution in [0.2, 0.25) is 0 Å². The number of pyridine rings is 1. The fraction of sp³-hybridized carbons (Fsp3) is 0.250.